The van der Waals surface area contributed by atoms with Gasteiger partial charge in [0.15, 0.2) is 9.84 Å². The molecule has 0 atom stereocenters. The second kappa shape index (κ2) is 5.65. The molecule has 2 aromatic carbocycles. The van der Waals surface area contributed by atoms with E-state index in [1.54, 1.807) is 12.1 Å². The van der Waals surface area contributed by atoms with E-state index < -0.39 is 15.7 Å². The highest BCUT2D eigenvalue weighted by Gasteiger charge is 2.11. The van der Waals surface area contributed by atoms with Crippen molar-refractivity contribution in [2.45, 2.75) is 11.8 Å². The fourth-order valence-electron chi connectivity index (χ4n) is 1.81. The van der Waals surface area contributed by atoms with Crippen LogP contribution in [0.2, 0.25) is 0 Å². The van der Waals surface area contributed by atoms with Crippen LogP contribution in [-0.2, 0) is 9.84 Å². The van der Waals surface area contributed by atoms with Crippen molar-refractivity contribution in [2.24, 2.45) is 0 Å². The van der Waals surface area contributed by atoms with Gasteiger partial charge >= 0.3 is 0 Å². The Bertz CT molecular complexity index is 807. The number of halogens is 2. The largest absolute Gasteiger partial charge is 0.397 e. The molecular weight excluding hydrogens is 359 g/mol. The van der Waals surface area contributed by atoms with E-state index in [1.165, 1.54) is 18.2 Å². The van der Waals surface area contributed by atoms with Gasteiger partial charge in [0.05, 0.1) is 20.7 Å². The molecule has 0 aliphatic carbocycles. The van der Waals surface area contributed by atoms with Gasteiger partial charge in [-0.05, 0) is 58.7 Å². The van der Waals surface area contributed by atoms with Crippen LogP contribution in [0.3, 0.4) is 0 Å². The highest BCUT2D eigenvalue weighted by atomic mass is 79.9. The molecule has 0 aliphatic rings. The third kappa shape index (κ3) is 3.54. The first-order valence-corrected chi connectivity index (χ1v) is 8.69. The number of hydrogen-bond donors (Lipinski definition) is 2. The van der Waals surface area contributed by atoms with Crippen molar-refractivity contribution in [2.75, 3.05) is 17.3 Å². The molecule has 0 saturated carbocycles. The van der Waals surface area contributed by atoms with E-state index in [0.717, 1.165) is 11.8 Å². The molecule has 2 aromatic rings. The molecule has 2 rings (SSSR count). The third-order valence-electron chi connectivity index (χ3n) is 2.99. The molecule has 7 heteroatoms. The predicted octanol–water partition coefficient (Wildman–Crippen LogP) is 3.63. The van der Waals surface area contributed by atoms with Gasteiger partial charge in [0, 0.05) is 11.9 Å². The Morgan fingerprint density at radius 2 is 1.86 bits per heavy atom. The monoisotopic (exact) mass is 372 g/mol. The van der Waals surface area contributed by atoms with Gasteiger partial charge in [-0.3, -0.25) is 0 Å². The summed E-state index contributed by atoms with van der Waals surface area (Å²) in [7, 11) is -3.31. The first-order chi connectivity index (χ1) is 9.68. The molecule has 0 bridgehead atoms. The van der Waals surface area contributed by atoms with Crippen LogP contribution >= 0.6 is 15.9 Å². The van der Waals surface area contributed by atoms with Crippen molar-refractivity contribution in [3.8, 4) is 0 Å². The van der Waals surface area contributed by atoms with Gasteiger partial charge in [-0.1, -0.05) is 0 Å². The Hall–Kier alpha value is -1.60. The number of aryl methyl sites for hydroxylation is 1. The summed E-state index contributed by atoms with van der Waals surface area (Å²) in [6, 6.07) is 7.40. The maximum atomic E-state index is 13.6. The predicted molar refractivity (Wildman–Crippen MR) is 86.1 cm³/mol. The normalized spacial score (nSPS) is 11.4. The zero-order chi connectivity index (χ0) is 15.8. The Kier molecular flexibility index (Phi) is 4.25. The summed E-state index contributed by atoms with van der Waals surface area (Å²) in [5.74, 6) is -0.394. The lowest BCUT2D eigenvalue weighted by molar-refractivity contribution is 0.602. The summed E-state index contributed by atoms with van der Waals surface area (Å²) in [6.45, 7) is 1.83. The number of nitrogen functional groups attached to an aromatic ring is 1. The molecule has 112 valence electrons. The van der Waals surface area contributed by atoms with Crippen LogP contribution in [0.1, 0.15) is 5.56 Å². The molecule has 4 nitrogen and oxygen atoms in total. The smallest absolute Gasteiger partial charge is 0.175 e. The van der Waals surface area contributed by atoms with Crippen molar-refractivity contribution < 1.29 is 12.8 Å². The molecular formula is C14H14BrFN2O2S. The molecule has 21 heavy (non-hydrogen) atoms. The van der Waals surface area contributed by atoms with Gasteiger partial charge in [0.25, 0.3) is 0 Å². The van der Waals surface area contributed by atoms with Crippen molar-refractivity contribution in [3.05, 3.63) is 46.2 Å². The molecule has 3 N–H and O–H groups in total. The zero-order valence-electron chi connectivity index (χ0n) is 11.4. The van der Waals surface area contributed by atoms with E-state index in [-0.39, 0.29) is 10.6 Å². The number of nitrogens with two attached hydrogens (primary N) is 1. The maximum Gasteiger partial charge on any atom is 0.175 e. The lowest BCUT2D eigenvalue weighted by atomic mass is 10.2. The van der Waals surface area contributed by atoms with Crippen LogP contribution in [0.5, 0.6) is 0 Å². The van der Waals surface area contributed by atoms with Gasteiger partial charge in [-0.25, -0.2) is 12.8 Å². The van der Waals surface area contributed by atoms with E-state index in [1.807, 2.05) is 6.92 Å². The van der Waals surface area contributed by atoms with Crippen molar-refractivity contribution in [3.63, 3.8) is 0 Å². The van der Waals surface area contributed by atoms with Gasteiger partial charge in [-0.15, -0.1) is 0 Å². The SMILES string of the molecule is Cc1cc(Br)c(F)cc1Nc1ccc(S(C)(=O)=O)cc1N. The second-order valence-electron chi connectivity index (χ2n) is 4.73. The Morgan fingerprint density at radius 1 is 1.19 bits per heavy atom. The minimum Gasteiger partial charge on any atom is -0.397 e. The Morgan fingerprint density at radius 3 is 2.43 bits per heavy atom. The number of anilines is 3. The highest BCUT2D eigenvalue weighted by molar-refractivity contribution is 9.10. The summed E-state index contributed by atoms with van der Waals surface area (Å²) >= 11 is 3.12. The average Bonchev–Trinajstić information content (AvgIpc) is 2.36. The summed E-state index contributed by atoms with van der Waals surface area (Å²) in [6.07, 6.45) is 1.11. The van der Waals surface area contributed by atoms with E-state index in [0.29, 0.717) is 15.8 Å². The average molecular weight is 373 g/mol. The lowest BCUT2D eigenvalue weighted by Gasteiger charge is -2.13. The molecule has 0 aliphatic heterocycles. The minimum absolute atomic E-state index is 0.143. The lowest BCUT2D eigenvalue weighted by Crippen LogP contribution is -2.02. The van der Waals surface area contributed by atoms with Gasteiger partial charge < -0.3 is 11.1 Å². The van der Waals surface area contributed by atoms with Crippen molar-refractivity contribution in [1.82, 2.24) is 0 Å². The van der Waals surface area contributed by atoms with Crippen LogP contribution in [0, 0.1) is 12.7 Å². The number of hydrogen-bond acceptors (Lipinski definition) is 4. The molecule has 0 aromatic heterocycles. The quantitative estimate of drug-likeness (QED) is 0.806. The third-order valence-corrected chi connectivity index (χ3v) is 4.71. The molecule has 0 saturated heterocycles. The van der Waals surface area contributed by atoms with Crippen LogP contribution in [0.25, 0.3) is 0 Å². The summed E-state index contributed by atoms with van der Waals surface area (Å²) in [5, 5.41) is 3.01. The van der Waals surface area contributed by atoms with E-state index >= 15 is 0 Å². The first-order valence-electron chi connectivity index (χ1n) is 6.01. The number of sulfone groups is 1. The highest BCUT2D eigenvalue weighted by Crippen LogP contribution is 2.30. The molecule has 0 spiro atoms. The first kappa shape index (κ1) is 15.8. The summed E-state index contributed by atoms with van der Waals surface area (Å²) < 4.78 is 36.9. The van der Waals surface area contributed by atoms with E-state index in [9.17, 15) is 12.8 Å². The maximum absolute atomic E-state index is 13.6. The molecule has 0 radical (unpaired) electrons. The zero-order valence-corrected chi connectivity index (χ0v) is 13.8. The van der Waals surface area contributed by atoms with E-state index in [4.69, 9.17) is 5.73 Å². The standard InChI is InChI=1S/C14H14BrFN2O2S/c1-8-5-10(15)11(16)7-14(8)18-13-4-3-9(6-12(13)17)21(2,19)20/h3-7,18H,17H2,1-2H3. The molecule has 0 heterocycles. The number of rotatable bonds is 3. The van der Waals surface area contributed by atoms with Gasteiger partial charge in [0.1, 0.15) is 5.82 Å². The molecule has 0 unspecified atom stereocenters. The topological polar surface area (TPSA) is 72.2 Å². The van der Waals surface area contributed by atoms with Crippen LogP contribution in [0.15, 0.2) is 39.7 Å². The van der Waals surface area contributed by atoms with Crippen LogP contribution in [0.4, 0.5) is 21.5 Å². The summed E-state index contributed by atoms with van der Waals surface area (Å²) in [5.41, 5.74) is 8.05. The van der Waals surface area contributed by atoms with Crippen molar-refractivity contribution in [1.29, 1.82) is 0 Å². The molecule has 0 fully saturated rings. The number of nitrogens with one attached hydrogen (secondary N) is 1. The van der Waals surface area contributed by atoms with Gasteiger partial charge in [-0.2, -0.15) is 0 Å². The second-order valence-corrected chi connectivity index (χ2v) is 7.60. The Labute approximate surface area is 131 Å². The molecule has 0 amide bonds. The van der Waals surface area contributed by atoms with E-state index in [2.05, 4.69) is 21.2 Å². The van der Waals surface area contributed by atoms with Gasteiger partial charge in [0.2, 0.25) is 0 Å². The minimum atomic E-state index is -3.31. The fourth-order valence-corrected chi connectivity index (χ4v) is 2.93. The van der Waals surface area contributed by atoms with Crippen LogP contribution in [-0.4, -0.2) is 14.7 Å². The summed E-state index contributed by atoms with van der Waals surface area (Å²) in [4.78, 5) is 0.143. The van der Waals surface area contributed by atoms with Crippen molar-refractivity contribution >= 4 is 42.8 Å². The number of benzene rings is 2. The Balaban J connectivity index is 2.39. The van der Waals surface area contributed by atoms with Crippen LogP contribution < -0.4 is 11.1 Å². The fraction of sp³-hybridized carbons (Fsp3) is 0.143.